The summed E-state index contributed by atoms with van der Waals surface area (Å²) in [5, 5.41) is 12.9. The van der Waals surface area contributed by atoms with Crippen LogP contribution in [-0.2, 0) is 20.9 Å². The fraction of sp³-hybridized carbons (Fsp3) is 0.609. The molecule has 0 radical (unpaired) electrons. The van der Waals surface area contributed by atoms with Crippen LogP contribution >= 0.6 is 0 Å². The molecular formula is C23H34N4O6. The van der Waals surface area contributed by atoms with Crippen molar-refractivity contribution < 1.29 is 29.0 Å². The summed E-state index contributed by atoms with van der Waals surface area (Å²) >= 11 is 0. The summed E-state index contributed by atoms with van der Waals surface area (Å²) in [4.78, 5) is 41.3. The van der Waals surface area contributed by atoms with Gasteiger partial charge in [0.2, 0.25) is 5.91 Å². The number of rotatable bonds is 7. The lowest BCUT2D eigenvalue weighted by atomic mass is 9.84. The number of nitrogens with one attached hydrogen (secondary N) is 1. The Morgan fingerprint density at radius 3 is 2.42 bits per heavy atom. The number of benzene rings is 1. The van der Waals surface area contributed by atoms with Gasteiger partial charge in [-0.1, -0.05) is 12.1 Å². The van der Waals surface area contributed by atoms with Gasteiger partial charge in [-0.2, -0.15) is 0 Å². The molecule has 2 fully saturated rings. The summed E-state index contributed by atoms with van der Waals surface area (Å²) in [5.41, 5.74) is 4.57. The second kappa shape index (κ2) is 9.18. The molecule has 0 saturated carbocycles. The van der Waals surface area contributed by atoms with Crippen LogP contribution in [-0.4, -0.2) is 82.3 Å². The molecule has 3 amide bonds. The molecular weight excluding hydrogens is 428 g/mol. The first-order chi connectivity index (χ1) is 15.4. The van der Waals surface area contributed by atoms with Gasteiger partial charge in [-0.25, -0.2) is 4.79 Å². The summed E-state index contributed by atoms with van der Waals surface area (Å²) in [6.45, 7) is 7.65. The van der Waals surface area contributed by atoms with Crippen LogP contribution in [0.25, 0.3) is 0 Å². The lowest BCUT2D eigenvalue weighted by Crippen LogP contribution is -2.72. The van der Waals surface area contributed by atoms with E-state index in [1.807, 2.05) is 24.3 Å². The van der Waals surface area contributed by atoms with Crippen LogP contribution in [0.3, 0.4) is 0 Å². The van der Waals surface area contributed by atoms with Crippen LogP contribution in [0.2, 0.25) is 0 Å². The zero-order chi connectivity index (χ0) is 24.6. The molecule has 2 aliphatic heterocycles. The van der Waals surface area contributed by atoms with Gasteiger partial charge < -0.3 is 25.2 Å². The molecule has 0 aromatic heterocycles. The predicted octanol–water partition coefficient (Wildman–Crippen LogP) is 0.610. The quantitative estimate of drug-likeness (QED) is 0.506. The highest BCUT2D eigenvalue weighted by atomic mass is 16.6. The van der Waals surface area contributed by atoms with Crippen molar-refractivity contribution in [2.24, 2.45) is 5.73 Å². The molecule has 10 nitrogen and oxygen atoms in total. The topological polar surface area (TPSA) is 134 Å². The molecule has 0 bridgehead atoms. The Labute approximate surface area is 194 Å². The van der Waals surface area contributed by atoms with Crippen molar-refractivity contribution in [3.05, 3.63) is 29.8 Å². The van der Waals surface area contributed by atoms with E-state index in [1.165, 1.54) is 11.8 Å². The van der Waals surface area contributed by atoms with Crippen molar-refractivity contribution in [1.82, 2.24) is 15.1 Å². The Hall–Kier alpha value is -2.85. The molecule has 2 unspecified atom stereocenters. The maximum Gasteiger partial charge on any atom is 0.411 e. The molecule has 2 aliphatic rings. The lowest BCUT2D eigenvalue weighted by molar-refractivity contribution is -0.161. The molecule has 10 heteroatoms. The van der Waals surface area contributed by atoms with Crippen molar-refractivity contribution in [1.29, 1.82) is 0 Å². The van der Waals surface area contributed by atoms with E-state index in [0.29, 0.717) is 19.5 Å². The monoisotopic (exact) mass is 462 g/mol. The Morgan fingerprint density at radius 2 is 1.94 bits per heavy atom. The number of amides is 3. The number of primary amides is 1. The molecule has 4 atom stereocenters. The van der Waals surface area contributed by atoms with Crippen LogP contribution in [0.4, 0.5) is 4.79 Å². The first kappa shape index (κ1) is 24.8. The Morgan fingerprint density at radius 1 is 1.30 bits per heavy atom. The lowest BCUT2D eigenvalue weighted by Gasteiger charge is -2.50. The van der Waals surface area contributed by atoms with Gasteiger partial charge >= 0.3 is 6.09 Å². The number of aliphatic hydroxyl groups excluding tert-OH is 1. The maximum absolute atomic E-state index is 13.4. The molecule has 1 spiro atoms. The smallest absolute Gasteiger partial charge is 0.411 e. The van der Waals surface area contributed by atoms with E-state index in [4.69, 9.17) is 15.2 Å². The Bertz CT molecular complexity index is 897. The number of hydrogen-bond acceptors (Lipinski definition) is 7. The average Bonchev–Trinajstić information content (AvgIpc) is 3.11. The third-order valence-corrected chi connectivity index (χ3v) is 5.99. The van der Waals surface area contributed by atoms with Crippen molar-refractivity contribution in [3.63, 3.8) is 0 Å². The van der Waals surface area contributed by atoms with Crippen molar-refractivity contribution in [2.45, 2.75) is 70.0 Å². The number of likely N-dealkylation sites (tertiary alicyclic amines) is 2. The molecule has 2 saturated heterocycles. The van der Waals surface area contributed by atoms with E-state index in [9.17, 15) is 19.5 Å². The molecule has 1 aromatic rings. The normalized spacial score (nSPS) is 24.4. The highest BCUT2D eigenvalue weighted by Gasteiger charge is 2.63. The standard InChI is InChI=1S/C23H34N4O6/c1-14(28)18(19(24)29)25-16-10-23(27(12-16)21(31)33-22(2,3)4)13-26(20(23)30)11-15-6-8-17(32-5)9-7-15/h6-9,14,16,18,25,28H,10-13H2,1-5H3,(H2,24,29)/t14-,16?,18+,23?/m1/s1. The van der Waals surface area contributed by atoms with Gasteiger partial charge in [0, 0.05) is 19.1 Å². The summed E-state index contributed by atoms with van der Waals surface area (Å²) in [7, 11) is 1.59. The summed E-state index contributed by atoms with van der Waals surface area (Å²) in [6.07, 6.45) is -1.31. The number of β-lactam (4-membered cyclic amide) rings is 1. The predicted molar refractivity (Wildman–Crippen MR) is 120 cm³/mol. The third kappa shape index (κ3) is 5.22. The number of hydrogen-bond donors (Lipinski definition) is 3. The van der Waals surface area contributed by atoms with Gasteiger partial charge in [0.15, 0.2) is 0 Å². The molecule has 3 rings (SSSR count). The highest BCUT2D eigenvalue weighted by Crippen LogP contribution is 2.41. The molecule has 1 aromatic carbocycles. The van der Waals surface area contributed by atoms with E-state index in [-0.39, 0.29) is 12.5 Å². The summed E-state index contributed by atoms with van der Waals surface area (Å²) in [5.74, 6) is -0.148. The van der Waals surface area contributed by atoms with Gasteiger partial charge in [-0.15, -0.1) is 0 Å². The fourth-order valence-corrected chi connectivity index (χ4v) is 4.46. The van der Waals surface area contributed by atoms with Gasteiger partial charge in [0.25, 0.3) is 5.91 Å². The number of methoxy groups -OCH3 is 1. The largest absolute Gasteiger partial charge is 0.497 e. The molecule has 4 N–H and O–H groups in total. The van der Waals surface area contributed by atoms with Gasteiger partial charge in [-0.3, -0.25) is 19.8 Å². The van der Waals surface area contributed by atoms with Gasteiger partial charge in [0.05, 0.1) is 19.8 Å². The number of aliphatic hydroxyl groups is 1. The zero-order valence-corrected chi connectivity index (χ0v) is 19.8. The van der Waals surface area contributed by atoms with Crippen LogP contribution in [0.1, 0.15) is 39.7 Å². The van der Waals surface area contributed by atoms with E-state index in [1.54, 1.807) is 32.8 Å². The van der Waals surface area contributed by atoms with E-state index in [0.717, 1.165) is 11.3 Å². The van der Waals surface area contributed by atoms with E-state index >= 15 is 0 Å². The summed E-state index contributed by atoms with van der Waals surface area (Å²) < 4.78 is 10.7. The maximum atomic E-state index is 13.4. The first-order valence-corrected chi connectivity index (χ1v) is 11.0. The average molecular weight is 463 g/mol. The third-order valence-electron chi connectivity index (χ3n) is 5.99. The summed E-state index contributed by atoms with van der Waals surface area (Å²) in [6, 6.07) is 6.05. The minimum atomic E-state index is -1.06. The van der Waals surface area contributed by atoms with Crippen molar-refractivity contribution in [3.8, 4) is 5.75 Å². The molecule has 2 heterocycles. The highest BCUT2D eigenvalue weighted by molar-refractivity contribution is 5.96. The van der Waals surface area contributed by atoms with Crippen molar-refractivity contribution >= 4 is 17.9 Å². The van der Waals surface area contributed by atoms with E-state index < -0.39 is 41.3 Å². The SMILES string of the molecule is COc1ccc(CN2CC3(CC(N[C@H](C(N)=O)[C@@H](C)O)CN3C(=O)OC(C)(C)C)C2=O)cc1. The molecule has 33 heavy (non-hydrogen) atoms. The number of carbonyl (C=O) groups is 3. The number of nitrogens with zero attached hydrogens (tertiary/aromatic N) is 2. The van der Waals surface area contributed by atoms with Crippen LogP contribution < -0.4 is 15.8 Å². The fourth-order valence-electron chi connectivity index (χ4n) is 4.46. The minimum Gasteiger partial charge on any atom is -0.497 e. The number of nitrogens with two attached hydrogens (primary N) is 1. The zero-order valence-electron chi connectivity index (χ0n) is 19.8. The molecule has 0 aliphatic carbocycles. The van der Waals surface area contributed by atoms with Gasteiger partial charge in [0.1, 0.15) is 22.9 Å². The minimum absolute atomic E-state index is 0.160. The van der Waals surface area contributed by atoms with E-state index in [2.05, 4.69) is 5.32 Å². The second-order valence-electron chi connectivity index (χ2n) is 9.82. The second-order valence-corrected chi connectivity index (χ2v) is 9.82. The first-order valence-electron chi connectivity index (χ1n) is 11.0. The Balaban J connectivity index is 1.78. The van der Waals surface area contributed by atoms with Crippen molar-refractivity contribution in [2.75, 3.05) is 20.2 Å². The van der Waals surface area contributed by atoms with Crippen LogP contribution in [0, 0.1) is 0 Å². The van der Waals surface area contributed by atoms with Crippen LogP contribution in [0.5, 0.6) is 5.75 Å². The number of ether oxygens (including phenoxy) is 2. The van der Waals surface area contributed by atoms with Gasteiger partial charge in [-0.05, 0) is 51.8 Å². The van der Waals surface area contributed by atoms with Crippen LogP contribution in [0.15, 0.2) is 24.3 Å². The number of carbonyl (C=O) groups excluding carboxylic acids is 3. The Kier molecular flexibility index (Phi) is 6.90. The molecule has 182 valence electrons.